The molecule has 2 unspecified atom stereocenters. The van der Waals surface area contributed by atoms with E-state index in [1.54, 1.807) is 6.26 Å². The summed E-state index contributed by atoms with van der Waals surface area (Å²) in [5.41, 5.74) is 0. The summed E-state index contributed by atoms with van der Waals surface area (Å²) in [5.74, 6) is 1.09. The van der Waals surface area contributed by atoms with Crippen LogP contribution in [-0.4, -0.2) is 17.0 Å². The van der Waals surface area contributed by atoms with Crippen LogP contribution in [0.1, 0.15) is 25.0 Å². The fourth-order valence-electron chi connectivity index (χ4n) is 2.65. The minimum atomic E-state index is 0.666. The first-order chi connectivity index (χ1) is 6.93. The van der Waals surface area contributed by atoms with Gasteiger partial charge in [-0.05, 0) is 31.4 Å². The van der Waals surface area contributed by atoms with E-state index in [2.05, 4.69) is 23.1 Å². The maximum atomic E-state index is 5.39. The highest BCUT2D eigenvalue weighted by Crippen LogP contribution is 2.32. The maximum Gasteiger partial charge on any atom is 0.117 e. The minimum Gasteiger partial charge on any atom is -0.468 e. The molecule has 2 nitrogen and oxygen atoms in total. The van der Waals surface area contributed by atoms with Crippen molar-refractivity contribution >= 4 is 0 Å². The topological polar surface area (TPSA) is 16.4 Å². The molecule has 2 aliphatic heterocycles. The molecule has 14 heavy (non-hydrogen) atoms. The molecule has 1 aromatic heterocycles. The van der Waals surface area contributed by atoms with Crippen molar-refractivity contribution < 1.29 is 4.42 Å². The molecule has 0 N–H and O–H groups in total. The van der Waals surface area contributed by atoms with E-state index in [1.807, 2.05) is 6.07 Å². The molecule has 1 saturated heterocycles. The quantitative estimate of drug-likeness (QED) is 0.665. The van der Waals surface area contributed by atoms with Crippen molar-refractivity contribution in [1.29, 1.82) is 0 Å². The molecule has 2 aliphatic rings. The van der Waals surface area contributed by atoms with Gasteiger partial charge in [0, 0.05) is 12.1 Å². The monoisotopic (exact) mass is 189 g/mol. The Balaban J connectivity index is 1.77. The first kappa shape index (κ1) is 8.30. The molecule has 0 aromatic carbocycles. The molecule has 2 heteroatoms. The molecule has 3 rings (SSSR count). The van der Waals surface area contributed by atoms with Crippen LogP contribution in [0.3, 0.4) is 0 Å². The van der Waals surface area contributed by atoms with E-state index in [1.165, 1.54) is 19.3 Å². The van der Waals surface area contributed by atoms with Gasteiger partial charge in [0.2, 0.25) is 0 Å². The van der Waals surface area contributed by atoms with Gasteiger partial charge in [-0.1, -0.05) is 12.2 Å². The zero-order valence-corrected chi connectivity index (χ0v) is 8.23. The second-order valence-corrected chi connectivity index (χ2v) is 4.21. The van der Waals surface area contributed by atoms with Crippen LogP contribution < -0.4 is 0 Å². The van der Waals surface area contributed by atoms with Crippen LogP contribution >= 0.6 is 0 Å². The highest BCUT2D eigenvalue weighted by molar-refractivity contribution is 5.10. The number of fused-ring (bicyclic) bond motifs is 2. The SMILES string of the molecule is C1=CC2CCC(C1)N2Cc1ccco1. The number of rotatable bonds is 2. The van der Waals surface area contributed by atoms with Crippen LogP contribution in [-0.2, 0) is 6.54 Å². The molecule has 3 heterocycles. The molecule has 0 saturated carbocycles. The van der Waals surface area contributed by atoms with Crippen LogP contribution in [0.5, 0.6) is 0 Å². The van der Waals surface area contributed by atoms with E-state index in [4.69, 9.17) is 4.42 Å². The molecule has 0 amide bonds. The Morgan fingerprint density at radius 2 is 2.43 bits per heavy atom. The van der Waals surface area contributed by atoms with Crippen molar-refractivity contribution in [2.24, 2.45) is 0 Å². The van der Waals surface area contributed by atoms with Gasteiger partial charge in [-0.15, -0.1) is 0 Å². The highest BCUT2D eigenvalue weighted by atomic mass is 16.3. The number of furan rings is 1. The van der Waals surface area contributed by atoms with Crippen molar-refractivity contribution in [3.8, 4) is 0 Å². The van der Waals surface area contributed by atoms with Crippen LogP contribution in [0.2, 0.25) is 0 Å². The zero-order chi connectivity index (χ0) is 9.38. The van der Waals surface area contributed by atoms with Gasteiger partial charge in [-0.3, -0.25) is 4.90 Å². The first-order valence-corrected chi connectivity index (χ1v) is 5.38. The first-order valence-electron chi connectivity index (χ1n) is 5.38. The highest BCUT2D eigenvalue weighted by Gasteiger charge is 2.33. The van der Waals surface area contributed by atoms with E-state index in [-0.39, 0.29) is 0 Å². The maximum absolute atomic E-state index is 5.39. The second kappa shape index (κ2) is 3.28. The van der Waals surface area contributed by atoms with Gasteiger partial charge in [0.05, 0.1) is 12.8 Å². The van der Waals surface area contributed by atoms with Crippen LogP contribution in [0.25, 0.3) is 0 Å². The van der Waals surface area contributed by atoms with Gasteiger partial charge in [-0.25, -0.2) is 0 Å². The standard InChI is InChI=1S/C12H15NO/c1-3-10-6-7-11(4-1)13(10)9-12-5-2-8-14-12/h1-3,5,8,10-11H,4,6-7,9H2. The Morgan fingerprint density at radius 3 is 3.21 bits per heavy atom. The van der Waals surface area contributed by atoms with Gasteiger partial charge in [-0.2, -0.15) is 0 Å². The van der Waals surface area contributed by atoms with Gasteiger partial charge >= 0.3 is 0 Å². The molecule has 2 bridgehead atoms. The molecule has 2 atom stereocenters. The Bertz CT molecular complexity index is 328. The third-order valence-corrected chi connectivity index (χ3v) is 3.38. The third kappa shape index (κ3) is 1.30. The van der Waals surface area contributed by atoms with Crippen LogP contribution in [0.4, 0.5) is 0 Å². The molecular formula is C12H15NO. The Labute approximate surface area is 84.2 Å². The number of hydrogen-bond acceptors (Lipinski definition) is 2. The van der Waals surface area contributed by atoms with E-state index in [9.17, 15) is 0 Å². The summed E-state index contributed by atoms with van der Waals surface area (Å²) in [4.78, 5) is 2.57. The summed E-state index contributed by atoms with van der Waals surface area (Å²) in [6.45, 7) is 0.979. The Kier molecular flexibility index (Phi) is 1.95. The van der Waals surface area contributed by atoms with E-state index in [0.29, 0.717) is 6.04 Å². The average Bonchev–Trinajstić information content (AvgIpc) is 2.75. The third-order valence-electron chi connectivity index (χ3n) is 3.38. The largest absolute Gasteiger partial charge is 0.468 e. The predicted octanol–water partition coefficient (Wildman–Crippen LogP) is 2.57. The minimum absolute atomic E-state index is 0.666. The van der Waals surface area contributed by atoms with Gasteiger partial charge in [0.15, 0.2) is 0 Å². The van der Waals surface area contributed by atoms with Crippen LogP contribution in [0, 0.1) is 0 Å². The molecule has 74 valence electrons. The predicted molar refractivity (Wildman–Crippen MR) is 54.8 cm³/mol. The normalized spacial score (nSPS) is 31.1. The summed E-state index contributed by atoms with van der Waals surface area (Å²) < 4.78 is 5.39. The molecule has 0 radical (unpaired) electrons. The number of hydrogen-bond donors (Lipinski definition) is 0. The molecule has 0 aliphatic carbocycles. The molecular weight excluding hydrogens is 174 g/mol. The fourth-order valence-corrected chi connectivity index (χ4v) is 2.65. The molecule has 0 spiro atoms. The van der Waals surface area contributed by atoms with Gasteiger partial charge in [0.1, 0.15) is 5.76 Å². The smallest absolute Gasteiger partial charge is 0.117 e. The lowest BCUT2D eigenvalue weighted by molar-refractivity contribution is 0.185. The van der Waals surface area contributed by atoms with Crippen molar-refractivity contribution in [2.75, 3.05) is 0 Å². The Morgan fingerprint density at radius 1 is 1.43 bits per heavy atom. The summed E-state index contributed by atoms with van der Waals surface area (Å²) >= 11 is 0. The van der Waals surface area contributed by atoms with Crippen molar-refractivity contribution in [3.05, 3.63) is 36.3 Å². The van der Waals surface area contributed by atoms with E-state index < -0.39 is 0 Å². The average molecular weight is 189 g/mol. The zero-order valence-electron chi connectivity index (χ0n) is 8.23. The summed E-state index contributed by atoms with van der Waals surface area (Å²) in [7, 11) is 0. The van der Waals surface area contributed by atoms with Crippen molar-refractivity contribution in [1.82, 2.24) is 4.90 Å². The van der Waals surface area contributed by atoms with Gasteiger partial charge in [0.25, 0.3) is 0 Å². The lowest BCUT2D eigenvalue weighted by Gasteiger charge is -2.30. The lowest BCUT2D eigenvalue weighted by atomic mass is 10.1. The van der Waals surface area contributed by atoms with Gasteiger partial charge < -0.3 is 4.42 Å². The summed E-state index contributed by atoms with van der Waals surface area (Å²) in [5, 5.41) is 0. The van der Waals surface area contributed by atoms with Crippen molar-refractivity contribution in [3.63, 3.8) is 0 Å². The molecule has 1 fully saturated rings. The van der Waals surface area contributed by atoms with E-state index in [0.717, 1.165) is 18.3 Å². The summed E-state index contributed by atoms with van der Waals surface area (Å²) in [6, 6.07) is 5.46. The fraction of sp³-hybridized carbons (Fsp3) is 0.500. The van der Waals surface area contributed by atoms with E-state index >= 15 is 0 Å². The second-order valence-electron chi connectivity index (χ2n) is 4.21. The number of nitrogens with zero attached hydrogens (tertiary/aromatic N) is 1. The Hall–Kier alpha value is -1.02. The summed E-state index contributed by atoms with van der Waals surface area (Å²) in [6.07, 6.45) is 10.3. The van der Waals surface area contributed by atoms with Crippen LogP contribution in [0.15, 0.2) is 35.0 Å². The lowest BCUT2D eigenvalue weighted by Crippen LogP contribution is -2.36. The van der Waals surface area contributed by atoms with Crippen molar-refractivity contribution in [2.45, 2.75) is 37.9 Å². The molecule has 1 aromatic rings.